The number of carbonyl (C=O) groups excluding carboxylic acids is 1. The minimum absolute atomic E-state index is 0.0321. The third kappa shape index (κ3) is 25.3. The molecule has 0 saturated carbocycles. The van der Waals surface area contributed by atoms with Gasteiger partial charge >= 0.3 is 16.4 Å². The lowest BCUT2D eigenvalue weighted by atomic mass is 9.99. The van der Waals surface area contributed by atoms with Gasteiger partial charge in [-0.3, -0.25) is 9.35 Å². The van der Waals surface area contributed by atoms with Crippen LogP contribution in [0.4, 0.5) is 0 Å². The largest absolute Gasteiger partial charge is 0.457 e. The second kappa shape index (κ2) is 31.0. The Hall–Kier alpha value is -1.42. The van der Waals surface area contributed by atoms with Crippen molar-refractivity contribution >= 4 is 16.4 Å². The molecule has 0 spiro atoms. The smallest absolute Gasteiger partial charge is 0.397 e. The Balaban J connectivity index is 2.48. The van der Waals surface area contributed by atoms with E-state index in [2.05, 4.69) is 42.3 Å². The molecule has 0 aromatic rings. The summed E-state index contributed by atoms with van der Waals surface area (Å²) >= 11 is 0. The van der Waals surface area contributed by atoms with Crippen LogP contribution < -0.4 is 0 Å². The standard InChI is InChI=1S/C38H70O12S/c1-3-5-7-9-11-13-14-15-16-17-18-19-20-21-23-25-27-34(40)48-32(30-46-28-26-24-22-12-10-8-6-4-2)31-47-38-36(42)37(50-51(43,44)45)35(41)33(29-39)49-38/h13-14,16-17,32-33,35-39,41-42H,3-12,15,18-31H2,1-2H3,(H,43,44,45)/b14-13-,17-16-. The van der Waals surface area contributed by atoms with Crippen LogP contribution in [0.3, 0.4) is 0 Å². The number of esters is 1. The summed E-state index contributed by atoms with van der Waals surface area (Å²) in [6.45, 7) is 3.90. The van der Waals surface area contributed by atoms with Crippen molar-refractivity contribution in [3.05, 3.63) is 24.3 Å². The zero-order valence-electron chi connectivity index (χ0n) is 31.4. The lowest BCUT2D eigenvalue weighted by Crippen LogP contribution is -2.60. The molecule has 1 aliphatic rings. The maximum Gasteiger partial charge on any atom is 0.397 e. The van der Waals surface area contributed by atoms with Gasteiger partial charge in [-0.1, -0.05) is 122 Å². The van der Waals surface area contributed by atoms with Crippen LogP contribution in [0.5, 0.6) is 0 Å². The van der Waals surface area contributed by atoms with E-state index in [1.54, 1.807) is 0 Å². The molecule has 300 valence electrons. The number of hydrogen-bond donors (Lipinski definition) is 4. The van der Waals surface area contributed by atoms with E-state index in [1.807, 2.05) is 0 Å². The molecule has 6 unspecified atom stereocenters. The Kier molecular flexibility index (Phi) is 28.9. The number of aliphatic hydroxyl groups is 3. The summed E-state index contributed by atoms with van der Waals surface area (Å²) in [6.07, 6.45) is 22.3. The van der Waals surface area contributed by atoms with Crippen molar-refractivity contribution in [2.24, 2.45) is 0 Å². The van der Waals surface area contributed by atoms with Crippen molar-refractivity contribution in [3.8, 4) is 0 Å². The van der Waals surface area contributed by atoms with E-state index in [4.69, 9.17) is 23.5 Å². The van der Waals surface area contributed by atoms with Crippen LogP contribution in [0.2, 0.25) is 0 Å². The third-order valence-corrected chi connectivity index (χ3v) is 9.29. The van der Waals surface area contributed by atoms with Crippen LogP contribution in [0, 0.1) is 0 Å². The summed E-state index contributed by atoms with van der Waals surface area (Å²) < 4.78 is 58.7. The van der Waals surface area contributed by atoms with Gasteiger partial charge in [-0.2, -0.15) is 8.42 Å². The molecule has 1 aliphatic heterocycles. The summed E-state index contributed by atoms with van der Waals surface area (Å²) in [7, 11) is -5.05. The SMILES string of the molecule is CCCCCC/C=C\C/C=C\CCCCCCCC(=O)OC(COCCCCCCCCCC)COC1OC(CO)C(O)C(OS(=O)(=O)O)C1O. The second-order valence-corrected chi connectivity index (χ2v) is 14.6. The van der Waals surface area contributed by atoms with Crippen LogP contribution in [-0.4, -0.2) is 97.5 Å². The van der Waals surface area contributed by atoms with E-state index < -0.39 is 59.8 Å². The monoisotopic (exact) mass is 750 g/mol. The molecule has 1 rings (SSSR count). The van der Waals surface area contributed by atoms with Crippen molar-refractivity contribution in [2.75, 3.05) is 26.4 Å². The number of carbonyl (C=O) groups is 1. The summed E-state index contributed by atoms with van der Waals surface area (Å²) in [6, 6.07) is 0. The van der Waals surface area contributed by atoms with Crippen LogP contribution in [-0.2, 0) is 38.3 Å². The zero-order valence-corrected chi connectivity index (χ0v) is 32.2. The van der Waals surface area contributed by atoms with E-state index in [-0.39, 0.29) is 19.6 Å². The van der Waals surface area contributed by atoms with Crippen molar-refractivity contribution in [2.45, 2.75) is 185 Å². The van der Waals surface area contributed by atoms with Gasteiger partial charge in [0.2, 0.25) is 0 Å². The van der Waals surface area contributed by atoms with Gasteiger partial charge in [-0.05, 0) is 44.9 Å². The van der Waals surface area contributed by atoms with Gasteiger partial charge in [0.05, 0.1) is 19.8 Å². The van der Waals surface area contributed by atoms with E-state index in [0.29, 0.717) is 13.0 Å². The average Bonchev–Trinajstić information content (AvgIpc) is 3.09. The molecule has 0 radical (unpaired) electrons. The molecule has 0 aromatic carbocycles. The topological polar surface area (TPSA) is 178 Å². The number of aliphatic hydroxyl groups excluding tert-OH is 3. The van der Waals surface area contributed by atoms with Gasteiger partial charge in [0, 0.05) is 13.0 Å². The fourth-order valence-corrected chi connectivity index (χ4v) is 6.33. The highest BCUT2D eigenvalue weighted by Gasteiger charge is 2.48. The first-order valence-corrected chi connectivity index (χ1v) is 21.0. The molecule has 1 saturated heterocycles. The fraction of sp³-hybridized carbons (Fsp3) is 0.868. The molecule has 0 aromatic heterocycles. The Morgan fingerprint density at radius 3 is 1.88 bits per heavy atom. The van der Waals surface area contributed by atoms with Crippen molar-refractivity contribution in [3.63, 3.8) is 0 Å². The zero-order chi connectivity index (χ0) is 37.6. The molecule has 6 atom stereocenters. The number of unbranched alkanes of at least 4 members (excludes halogenated alkanes) is 16. The molecule has 12 nitrogen and oxygen atoms in total. The quantitative estimate of drug-likeness (QED) is 0.0236. The molecule has 1 fully saturated rings. The minimum Gasteiger partial charge on any atom is -0.457 e. The Morgan fingerprint density at radius 1 is 0.745 bits per heavy atom. The number of ether oxygens (including phenoxy) is 4. The van der Waals surface area contributed by atoms with Gasteiger partial charge in [-0.25, -0.2) is 4.18 Å². The van der Waals surface area contributed by atoms with E-state index in [9.17, 15) is 28.5 Å². The van der Waals surface area contributed by atoms with Crippen molar-refractivity contribution in [1.82, 2.24) is 0 Å². The molecule has 1 heterocycles. The van der Waals surface area contributed by atoms with Crippen molar-refractivity contribution < 1.29 is 56.2 Å². The number of hydrogen-bond acceptors (Lipinski definition) is 11. The normalized spacial score (nSPS) is 21.9. The first-order valence-electron chi connectivity index (χ1n) is 19.6. The fourth-order valence-electron chi connectivity index (χ4n) is 5.82. The molecule has 0 bridgehead atoms. The van der Waals surface area contributed by atoms with Crippen molar-refractivity contribution in [1.29, 1.82) is 0 Å². The highest BCUT2D eigenvalue weighted by Crippen LogP contribution is 2.26. The average molecular weight is 751 g/mol. The lowest BCUT2D eigenvalue weighted by Gasteiger charge is -2.41. The van der Waals surface area contributed by atoms with Gasteiger partial charge < -0.3 is 34.3 Å². The lowest BCUT2D eigenvalue weighted by molar-refractivity contribution is -0.301. The summed E-state index contributed by atoms with van der Waals surface area (Å²) in [5.74, 6) is -0.415. The predicted octanol–water partition coefficient (Wildman–Crippen LogP) is 6.90. The summed E-state index contributed by atoms with van der Waals surface area (Å²) in [5, 5.41) is 30.5. The van der Waals surface area contributed by atoms with E-state index in [0.717, 1.165) is 64.2 Å². The third-order valence-electron chi connectivity index (χ3n) is 8.83. The van der Waals surface area contributed by atoms with Crippen LogP contribution in [0.25, 0.3) is 0 Å². The van der Waals surface area contributed by atoms with E-state index in [1.165, 1.54) is 57.8 Å². The summed E-state index contributed by atoms with van der Waals surface area (Å²) in [5.41, 5.74) is 0. The Bertz CT molecular complexity index is 1000. The van der Waals surface area contributed by atoms with Gasteiger partial charge in [0.25, 0.3) is 0 Å². The molecule has 0 aliphatic carbocycles. The van der Waals surface area contributed by atoms with E-state index >= 15 is 0 Å². The second-order valence-electron chi connectivity index (χ2n) is 13.5. The molecule has 13 heteroatoms. The first-order chi connectivity index (χ1) is 24.6. The van der Waals surface area contributed by atoms with Gasteiger partial charge in [0.15, 0.2) is 6.29 Å². The Morgan fingerprint density at radius 2 is 1.29 bits per heavy atom. The van der Waals surface area contributed by atoms with Gasteiger partial charge in [-0.15, -0.1) is 0 Å². The molecule has 0 amide bonds. The highest BCUT2D eigenvalue weighted by molar-refractivity contribution is 7.80. The van der Waals surface area contributed by atoms with Crippen LogP contribution in [0.15, 0.2) is 24.3 Å². The van der Waals surface area contributed by atoms with Crippen LogP contribution in [0.1, 0.15) is 149 Å². The summed E-state index contributed by atoms with van der Waals surface area (Å²) in [4.78, 5) is 12.7. The number of rotatable bonds is 33. The first kappa shape index (κ1) is 47.6. The maximum absolute atomic E-state index is 12.7. The maximum atomic E-state index is 12.7. The molecular formula is C38H70O12S. The van der Waals surface area contributed by atoms with Crippen LogP contribution >= 0.6 is 0 Å². The molecular weight excluding hydrogens is 680 g/mol. The molecule has 4 N–H and O–H groups in total. The predicted molar refractivity (Wildman–Crippen MR) is 197 cm³/mol. The highest BCUT2D eigenvalue weighted by atomic mass is 32.3. The Labute approximate surface area is 308 Å². The number of allylic oxidation sites excluding steroid dienone is 4. The minimum atomic E-state index is -5.05. The molecule has 51 heavy (non-hydrogen) atoms. The van der Waals surface area contributed by atoms with Gasteiger partial charge in [0.1, 0.15) is 30.5 Å².